The SMILES string of the molecule is CC(C)C(CNC(c1ccccc1)C1CC1)N(C)C. The molecule has 0 amide bonds. The number of hydrogen-bond donors (Lipinski definition) is 1. The molecule has 0 radical (unpaired) electrons. The van der Waals surface area contributed by atoms with Gasteiger partial charge in [0.2, 0.25) is 0 Å². The highest BCUT2D eigenvalue weighted by Crippen LogP contribution is 2.40. The van der Waals surface area contributed by atoms with Crippen molar-refractivity contribution in [2.75, 3.05) is 20.6 Å². The van der Waals surface area contributed by atoms with Gasteiger partial charge in [0.1, 0.15) is 0 Å². The van der Waals surface area contributed by atoms with E-state index in [1.807, 2.05) is 0 Å². The third kappa shape index (κ3) is 4.05. The minimum atomic E-state index is 0.544. The molecule has 0 saturated heterocycles. The van der Waals surface area contributed by atoms with Crippen LogP contribution in [0.5, 0.6) is 0 Å². The van der Waals surface area contributed by atoms with Crippen LogP contribution in [0.4, 0.5) is 0 Å². The molecule has 0 heterocycles. The van der Waals surface area contributed by atoms with Gasteiger partial charge in [-0.3, -0.25) is 0 Å². The monoisotopic (exact) mass is 260 g/mol. The molecule has 1 aliphatic carbocycles. The van der Waals surface area contributed by atoms with E-state index < -0.39 is 0 Å². The lowest BCUT2D eigenvalue weighted by molar-refractivity contribution is 0.216. The Hall–Kier alpha value is -0.860. The van der Waals surface area contributed by atoms with Crippen molar-refractivity contribution in [3.8, 4) is 0 Å². The van der Waals surface area contributed by atoms with E-state index in [1.165, 1.54) is 18.4 Å². The van der Waals surface area contributed by atoms with Gasteiger partial charge in [-0.1, -0.05) is 44.2 Å². The molecule has 1 N–H and O–H groups in total. The molecule has 19 heavy (non-hydrogen) atoms. The fourth-order valence-electron chi connectivity index (χ4n) is 2.91. The van der Waals surface area contributed by atoms with Crippen LogP contribution < -0.4 is 5.32 Å². The highest BCUT2D eigenvalue weighted by atomic mass is 15.1. The van der Waals surface area contributed by atoms with Gasteiger partial charge >= 0.3 is 0 Å². The molecule has 1 saturated carbocycles. The summed E-state index contributed by atoms with van der Waals surface area (Å²) in [6.07, 6.45) is 2.75. The van der Waals surface area contributed by atoms with Gasteiger partial charge in [-0.2, -0.15) is 0 Å². The largest absolute Gasteiger partial charge is 0.308 e. The van der Waals surface area contributed by atoms with Crippen LogP contribution >= 0.6 is 0 Å². The molecular formula is C17H28N2. The third-order valence-electron chi connectivity index (χ3n) is 4.23. The van der Waals surface area contributed by atoms with Crippen LogP contribution in [0.1, 0.15) is 38.3 Å². The van der Waals surface area contributed by atoms with Crippen molar-refractivity contribution in [3.63, 3.8) is 0 Å². The highest BCUT2D eigenvalue weighted by molar-refractivity contribution is 5.21. The summed E-state index contributed by atoms with van der Waals surface area (Å²) in [6, 6.07) is 12.1. The van der Waals surface area contributed by atoms with Crippen molar-refractivity contribution >= 4 is 0 Å². The van der Waals surface area contributed by atoms with Crippen LogP contribution in [0.2, 0.25) is 0 Å². The number of hydrogen-bond acceptors (Lipinski definition) is 2. The molecule has 2 unspecified atom stereocenters. The fraction of sp³-hybridized carbons (Fsp3) is 0.647. The molecule has 1 aliphatic rings. The maximum Gasteiger partial charge on any atom is 0.0349 e. The van der Waals surface area contributed by atoms with Gasteiger partial charge in [0, 0.05) is 18.6 Å². The van der Waals surface area contributed by atoms with E-state index in [9.17, 15) is 0 Å². The molecule has 0 spiro atoms. The Bertz CT molecular complexity index is 360. The zero-order chi connectivity index (χ0) is 13.8. The summed E-state index contributed by atoms with van der Waals surface area (Å²) < 4.78 is 0. The van der Waals surface area contributed by atoms with Crippen molar-refractivity contribution in [1.29, 1.82) is 0 Å². The van der Waals surface area contributed by atoms with Gasteiger partial charge in [-0.15, -0.1) is 0 Å². The first kappa shape index (κ1) is 14.5. The number of likely N-dealkylation sites (N-methyl/N-ethyl adjacent to an activating group) is 1. The molecule has 0 aliphatic heterocycles. The van der Waals surface area contributed by atoms with Gasteiger partial charge < -0.3 is 10.2 Å². The Morgan fingerprint density at radius 2 is 1.79 bits per heavy atom. The second-order valence-corrected chi connectivity index (χ2v) is 6.41. The first-order chi connectivity index (χ1) is 9.09. The molecule has 0 aromatic heterocycles. The molecule has 1 fully saturated rings. The topological polar surface area (TPSA) is 15.3 Å². The van der Waals surface area contributed by atoms with Crippen molar-refractivity contribution in [2.45, 2.75) is 38.8 Å². The first-order valence-electron chi connectivity index (χ1n) is 7.54. The van der Waals surface area contributed by atoms with E-state index in [-0.39, 0.29) is 0 Å². The van der Waals surface area contributed by atoms with E-state index in [0.717, 1.165) is 12.5 Å². The summed E-state index contributed by atoms with van der Waals surface area (Å²) in [5, 5.41) is 3.82. The minimum Gasteiger partial charge on any atom is -0.308 e. The summed E-state index contributed by atoms with van der Waals surface area (Å²) in [4.78, 5) is 2.34. The Morgan fingerprint density at radius 3 is 2.26 bits per heavy atom. The van der Waals surface area contributed by atoms with E-state index in [2.05, 4.69) is 68.5 Å². The normalized spacial score (nSPS) is 18.8. The third-order valence-corrected chi connectivity index (χ3v) is 4.23. The number of nitrogens with one attached hydrogen (secondary N) is 1. The molecule has 0 bridgehead atoms. The summed E-state index contributed by atoms with van der Waals surface area (Å²) in [7, 11) is 4.36. The van der Waals surface area contributed by atoms with E-state index in [0.29, 0.717) is 18.0 Å². The zero-order valence-corrected chi connectivity index (χ0v) is 12.8. The van der Waals surface area contributed by atoms with Gasteiger partial charge in [0.15, 0.2) is 0 Å². The van der Waals surface area contributed by atoms with Crippen LogP contribution in [0.25, 0.3) is 0 Å². The molecule has 2 rings (SSSR count). The van der Waals surface area contributed by atoms with Gasteiger partial charge in [-0.05, 0) is 44.3 Å². The van der Waals surface area contributed by atoms with Crippen LogP contribution in [0, 0.1) is 11.8 Å². The molecular weight excluding hydrogens is 232 g/mol. The van der Waals surface area contributed by atoms with Crippen molar-refractivity contribution in [3.05, 3.63) is 35.9 Å². The molecule has 1 aromatic carbocycles. The number of nitrogens with zero attached hydrogens (tertiary/aromatic N) is 1. The molecule has 1 aromatic rings. The van der Waals surface area contributed by atoms with Gasteiger partial charge in [0.25, 0.3) is 0 Å². The minimum absolute atomic E-state index is 0.544. The lowest BCUT2D eigenvalue weighted by Crippen LogP contribution is -2.43. The van der Waals surface area contributed by atoms with Crippen molar-refractivity contribution in [1.82, 2.24) is 10.2 Å². The summed E-state index contributed by atoms with van der Waals surface area (Å²) in [5.74, 6) is 1.52. The summed E-state index contributed by atoms with van der Waals surface area (Å²) in [6.45, 7) is 5.68. The molecule has 106 valence electrons. The van der Waals surface area contributed by atoms with Gasteiger partial charge in [0.05, 0.1) is 0 Å². The quantitative estimate of drug-likeness (QED) is 0.809. The molecule has 2 nitrogen and oxygen atoms in total. The Balaban J connectivity index is 1.98. The smallest absolute Gasteiger partial charge is 0.0349 e. The number of benzene rings is 1. The van der Waals surface area contributed by atoms with Crippen LogP contribution in [-0.4, -0.2) is 31.6 Å². The predicted molar refractivity (Wildman–Crippen MR) is 82.2 cm³/mol. The van der Waals surface area contributed by atoms with E-state index >= 15 is 0 Å². The lowest BCUT2D eigenvalue weighted by Gasteiger charge is -2.30. The average molecular weight is 260 g/mol. The standard InChI is InChI=1S/C17H28N2/c1-13(2)16(19(3)4)12-18-17(15-10-11-15)14-8-6-5-7-9-14/h5-9,13,15-18H,10-12H2,1-4H3. The second-order valence-electron chi connectivity index (χ2n) is 6.41. The molecule has 2 heteroatoms. The van der Waals surface area contributed by atoms with E-state index in [4.69, 9.17) is 0 Å². The van der Waals surface area contributed by atoms with Crippen molar-refractivity contribution in [2.24, 2.45) is 11.8 Å². The van der Waals surface area contributed by atoms with Crippen LogP contribution in [0.3, 0.4) is 0 Å². The van der Waals surface area contributed by atoms with Gasteiger partial charge in [-0.25, -0.2) is 0 Å². The van der Waals surface area contributed by atoms with Crippen LogP contribution in [0.15, 0.2) is 30.3 Å². The average Bonchev–Trinajstić information content (AvgIpc) is 3.19. The lowest BCUT2D eigenvalue weighted by atomic mass is 9.99. The maximum atomic E-state index is 3.82. The second kappa shape index (κ2) is 6.53. The fourth-order valence-corrected chi connectivity index (χ4v) is 2.91. The Labute approximate surface area is 118 Å². The Kier molecular flexibility index (Phi) is 5.00. The molecule has 2 atom stereocenters. The van der Waals surface area contributed by atoms with E-state index in [1.54, 1.807) is 0 Å². The Morgan fingerprint density at radius 1 is 1.16 bits per heavy atom. The number of rotatable bonds is 7. The zero-order valence-electron chi connectivity index (χ0n) is 12.8. The van der Waals surface area contributed by atoms with Crippen LogP contribution in [-0.2, 0) is 0 Å². The highest BCUT2D eigenvalue weighted by Gasteiger charge is 2.32. The summed E-state index contributed by atoms with van der Waals surface area (Å²) >= 11 is 0. The summed E-state index contributed by atoms with van der Waals surface area (Å²) in [5.41, 5.74) is 1.45. The predicted octanol–water partition coefficient (Wildman–Crippen LogP) is 3.31. The van der Waals surface area contributed by atoms with Crippen molar-refractivity contribution < 1.29 is 0 Å². The maximum absolute atomic E-state index is 3.82. The first-order valence-corrected chi connectivity index (χ1v) is 7.54.